The van der Waals surface area contributed by atoms with Gasteiger partial charge in [0.25, 0.3) is 5.91 Å². The molecule has 1 aliphatic carbocycles. The zero-order chi connectivity index (χ0) is 15.8. The molecule has 3 nitrogen and oxygen atoms in total. The topological polar surface area (TPSA) is 45.2 Å². The van der Waals surface area contributed by atoms with Gasteiger partial charge in [0.1, 0.15) is 0 Å². The molecule has 4 aromatic rings. The van der Waals surface area contributed by atoms with Gasteiger partial charge in [-0.3, -0.25) is 4.79 Å². The first-order valence-electron chi connectivity index (χ1n) is 8.09. The second kappa shape index (κ2) is 4.01. The number of H-pyrrole nitrogens is 1. The number of benzene rings is 3. The summed E-state index contributed by atoms with van der Waals surface area (Å²) < 4.78 is 0. The fourth-order valence-corrected chi connectivity index (χ4v) is 4.27. The number of aromatic amines is 1. The summed E-state index contributed by atoms with van der Waals surface area (Å²) in [4.78, 5) is 20.0. The number of hydrogen-bond donors (Lipinski definition) is 1. The number of aromatic nitrogens is 1. The Hall–Kier alpha value is -3.20. The van der Waals surface area contributed by atoms with Crippen LogP contribution >= 0.6 is 0 Å². The number of amides is 1. The van der Waals surface area contributed by atoms with Crippen molar-refractivity contribution in [1.82, 2.24) is 4.98 Å². The molecule has 0 saturated carbocycles. The molecule has 2 heterocycles. The third kappa shape index (κ3) is 1.33. The molecule has 3 aromatic carbocycles. The Morgan fingerprint density at radius 1 is 1.00 bits per heavy atom. The zero-order valence-electron chi connectivity index (χ0n) is 12.8. The van der Waals surface area contributed by atoms with Gasteiger partial charge in [-0.1, -0.05) is 42.5 Å². The number of para-hydroxylation sites is 1. The fraction of sp³-hybridized carbons (Fsp3) is 0.0476. The Labute approximate surface area is 137 Å². The number of carbonyl (C=O) groups excluding carboxylic acids is 1. The first-order chi connectivity index (χ1) is 11.8. The van der Waals surface area contributed by atoms with Gasteiger partial charge in [0.2, 0.25) is 0 Å². The summed E-state index contributed by atoms with van der Waals surface area (Å²) in [7, 11) is 0. The van der Waals surface area contributed by atoms with E-state index >= 15 is 0 Å². The van der Waals surface area contributed by atoms with Gasteiger partial charge in [-0.25, -0.2) is 4.99 Å². The second-order valence-electron chi connectivity index (χ2n) is 6.46. The van der Waals surface area contributed by atoms with E-state index in [2.05, 4.69) is 46.4 Å². The van der Waals surface area contributed by atoms with Crippen molar-refractivity contribution in [2.75, 3.05) is 0 Å². The molecule has 1 amide bonds. The van der Waals surface area contributed by atoms with Gasteiger partial charge < -0.3 is 4.98 Å². The highest BCUT2D eigenvalue weighted by molar-refractivity contribution is 6.16. The lowest BCUT2D eigenvalue weighted by Crippen LogP contribution is -2.25. The van der Waals surface area contributed by atoms with Crippen LogP contribution in [0, 0.1) is 0 Å². The lowest BCUT2D eigenvalue weighted by atomic mass is 9.99. The Bertz CT molecular complexity index is 1340. The zero-order valence-corrected chi connectivity index (χ0v) is 12.8. The number of nitrogens with one attached hydrogen (secondary N) is 1. The van der Waals surface area contributed by atoms with E-state index in [0.29, 0.717) is 0 Å². The molecule has 24 heavy (non-hydrogen) atoms. The standard InChI is InChI=1S/C21H12N2O/c24-17-10-15-19-13-7-3-4-8-16(13)22-20(19)14-9-11-5-1-2-6-12(11)18(14)21(15)23-17/h1-8,10,22H,9H2. The predicted molar refractivity (Wildman–Crippen MR) is 94.3 cm³/mol. The van der Waals surface area contributed by atoms with Crippen molar-refractivity contribution >= 4 is 33.8 Å². The van der Waals surface area contributed by atoms with Crippen LogP contribution in [0.5, 0.6) is 0 Å². The SMILES string of the molecule is O=C1C=c2c(c3c(c4[nH]c5ccccc5c24)Cc2ccccc2-3)=N1. The molecule has 6 rings (SSSR count). The van der Waals surface area contributed by atoms with Gasteiger partial charge in [-0.2, -0.15) is 0 Å². The Morgan fingerprint density at radius 2 is 1.83 bits per heavy atom. The predicted octanol–water partition coefficient (Wildman–Crippen LogP) is 2.83. The Balaban J connectivity index is 1.95. The highest BCUT2D eigenvalue weighted by Crippen LogP contribution is 2.38. The molecular formula is C21H12N2O. The lowest BCUT2D eigenvalue weighted by Gasteiger charge is -2.03. The molecule has 3 heteroatoms. The summed E-state index contributed by atoms with van der Waals surface area (Å²) in [5.41, 5.74) is 7.13. The summed E-state index contributed by atoms with van der Waals surface area (Å²) in [5, 5.41) is 4.09. The van der Waals surface area contributed by atoms with E-state index < -0.39 is 0 Å². The minimum Gasteiger partial charge on any atom is -0.354 e. The minimum absolute atomic E-state index is 0.158. The van der Waals surface area contributed by atoms with Gasteiger partial charge in [-0.15, -0.1) is 0 Å². The molecule has 0 bridgehead atoms. The van der Waals surface area contributed by atoms with E-state index in [-0.39, 0.29) is 5.91 Å². The summed E-state index contributed by atoms with van der Waals surface area (Å²) in [6, 6.07) is 16.7. The van der Waals surface area contributed by atoms with Crippen LogP contribution in [0.15, 0.2) is 53.5 Å². The maximum atomic E-state index is 12.1. The highest BCUT2D eigenvalue weighted by Gasteiger charge is 2.27. The molecule has 0 radical (unpaired) electrons. The maximum absolute atomic E-state index is 12.1. The third-order valence-electron chi connectivity index (χ3n) is 5.21. The van der Waals surface area contributed by atoms with Crippen molar-refractivity contribution in [3.63, 3.8) is 0 Å². The highest BCUT2D eigenvalue weighted by atomic mass is 16.1. The monoisotopic (exact) mass is 308 g/mol. The van der Waals surface area contributed by atoms with Crippen molar-refractivity contribution in [2.45, 2.75) is 6.42 Å². The number of fused-ring (bicyclic) bond motifs is 10. The average Bonchev–Trinajstić information content (AvgIpc) is 3.25. The van der Waals surface area contributed by atoms with Crippen LogP contribution in [0.2, 0.25) is 0 Å². The number of hydrogen-bond acceptors (Lipinski definition) is 1. The van der Waals surface area contributed by atoms with Crippen molar-refractivity contribution in [3.8, 4) is 11.1 Å². The van der Waals surface area contributed by atoms with Crippen LogP contribution in [0.1, 0.15) is 11.1 Å². The Morgan fingerprint density at radius 3 is 2.79 bits per heavy atom. The molecule has 2 aliphatic rings. The van der Waals surface area contributed by atoms with E-state index in [1.54, 1.807) is 6.08 Å². The van der Waals surface area contributed by atoms with Gasteiger partial charge in [0, 0.05) is 39.6 Å². The smallest absolute Gasteiger partial charge is 0.270 e. The van der Waals surface area contributed by atoms with Crippen molar-refractivity contribution < 1.29 is 4.79 Å². The molecule has 0 unspecified atom stereocenters. The Kier molecular flexibility index (Phi) is 2.04. The third-order valence-corrected chi connectivity index (χ3v) is 5.21. The van der Waals surface area contributed by atoms with Crippen molar-refractivity contribution in [1.29, 1.82) is 0 Å². The van der Waals surface area contributed by atoms with Crippen LogP contribution in [-0.4, -0.2) is 10.9 Å². The average molecular weight is 308 g/mol. The van der Waals surface area contributed by atoms with Crippen LogP contribution in [0.3, 0.4) is 0 Å². The van der Waals surface area contributed by atoms with Crippen molar-refractivity contribution in [2.24, 2.45) is 4.99 Å². The molecule has 0 saturated heterocycles. The minimum atomic E-state index is -0.158. The molecular weight excluding hydrogens is 296 g/mol. The quantitative estimate of drug-likeness (QED) is 0.470. The van der Waals surface area contributed by atoms with Gasteiger partial charge in [-0.05, 0) is 22.8 Å². The molecule has 1 N–H and O–H groups in total. The van der Waals surface area contributed by atoms with E-state index in [4.69, 9.17) is 0 Å². The van der Waals surface area contributed by atoms with Gasteiger partial charge >= 0.3 is 0 Å². The largest absolute Gasteiger partial charge is 0.354 e. The number of carbonyl (C=O) groups is 1. The second-order valence-corrected chi connectivity index (χ2v) is 6.46. The first-order valence-corrected chi connectivity index (χ1v) is 8.09. The molecule has 0 fully saturated rings. The van der Waals surface area contributed by atoms with Gasteiger partial charge in [0.05, 0.1) is 10.9 Å². The molecule has 0 atom stereocenters. The van der Waals surface area contributed by atoms with Crippen LogP contribution in [-0.2, 0) is 11.2 Å². The van der Waals surface area contributed by atoms with E-state index in [9.17, 15) is 4.79 Å². The molecule has 112 valence electrons. The summed E-state index contributed by atoms with van der Waals surface area (Å²) >= 11 is 0. The molecule has 1 aliphatic heterocycles. The van der Waals surface area contributed by atoms with E-state index in [0.717, 1.165) is 44.4 Å². The summed E-state index contributed by atoms with van der Waals surface area (Å²) in [6.07, 6.45) is 2.56. The lowest BCUT2D eigenvalue weighted by molar-refractivity contribution is -0.112. The number of nitrogens with zero attached hydrogens (tertiary/aromatic N) is 1. The van der Waals surface area contributed by atoms with Crippen LogP contribution < -0.4 is 10.6 Å². The molecule has 0 spiro atoms. The van der Waals surface area contributed by atoms with Gasteiger partial charge in [0.15, 0.2) is 0 Å². The maximum Gasteiger partial charge on any atom is 0.270 e. The van der Waals surface area contributed by atoms with Crippen molar-refractivity contribution in [3.05, 3.63) is 70.2 Å². The summed E-state index contributed by atoms with van der Waals surface area (Å²) in [5.74, 6) is -0.158. The van der Waals surface area contributed by atoms with E-state index in [1.807, 2.05) is 12.1 Å². The van der Waals surface area contributed by atoms with Crippen LogP contribution in [0.4, 0.5) is 0 Å². The van der Waals surface area contributed by atoms with E-state index in [1.165, 1.54) is 16.7 Å². The normalized spacial score (nSPS) is 14.4. The molecule has 1 aromatic heterocycles. The van der Waals surface area contributed by atoms with Crippen LogP contribution in [0.25, 0.3) is 39.0 Å². The fourth-order valence-electron chi connectivity index (χ4n) is 4.27. The summed E-state index contributed by atoms with van der Waals surface area (Å²) in [6.45, 7) is 0. The first kappa shape index (κ1) is 12.3. The number of rotatable bonds is 0.